The lowest BCUT2D eigenvalue weighted by atomic mass is 10.2. The van der Waals surface area contributed by atoms with Gasteiger partial charge in [0.05, 0.1) is 22.7 Å². The van der Waals surface area contributed by atoms with Crippen LogP contribution in [0.4, 0.5) is 16.2 Å². The standard InChI is InChI=1S/C17H15N3O7/c18-9-15(21)19(13-7-3-12(4-8-13)16(22)23)17(24)27-10-11-1-5-14(6-2-11)20(25)26/h1-8H,9-10,18H2,(H,22,23). The Bertz CT molecular complexity index is 863. The number of carbonyl (C=O) groups excluding carboxylic acids is 2. The molecule has 10 heteroatoms. The summed E-state index contributed by atoms with van der Waals surface area (Å²) in [4.78, 5) is 46.0. The molecule has 0 aliphatic heterocycles. The van der Waals surface area contributed by atoms with Crippen LogP contribution in [-0.2, 0) is 16.1 Å². The number of carboxylic acids is 1. The molecule has 2 aromatic rings. The van der Waals surface area contributed by atoms with Crippen molar-refractivity contribution < 1.29 is 29.2 Å². The van der Waals surface area contributed by atoms with E-state index >= 15 is 0 Å². The van der Waals surface area contributed by atoms with Gasteiger partial charge in [0.1, 0.15) is 6.61 Å². The molecule has 0 unspecified atom stereocenters. The SMILES string of the molecule is NCC(=O)N(C(=O)OCc1ccc([N+](=O)[O-])cc1)c1ccc(C(=O)O)cc1. The second kappa shape index (κ2) is 8.54. The Morgan fingerprint density at radius 1 is 1.07 bits per heavy atom. The lowest BCUT2D eigenvalue weighted by Gasteiger charge is -2.20. The van der Waals surface area contributed by atoms with Crippen LogP contribution >= 0.6 is 0 Å². The molecular weight excluding hydrogens is 358 g/mol. The van der Waals surface area contributed by atoms with Gasteiger partial charge in [-0.2, -0.15) is 0 Å². The maximum atomic E-state index is 12.3. The van der Waals surface area contributed by atoms with E-state index in [1.807, 2.05) is 0 Å². The van der Waals surface area contributed by atoms with Crippen LogP contribution in [0.2, 0.25) is 0 Å². The van der Waals surface area contributed by atoms with E-state index in [-0.39, 0.29) is 23.5 Å². The fourth-order valence-corrected chi connectivity index (χ4v) is 2.12. The average molecular weight is 373 g/mol. The molecule has 10 nitrogen and oxygen atoms in total. The third-order valence-corrected chi connectivity index (χ3v) is 3.49. The van der Waals surface area contributed by atoms with Crippen molar-refractivity contribution >= 4 is 29.3 Å². The van der Waals surface area contributed by atoms with Gasteiger partial charge in [-0.3, -0.25) is 14.9 Å². The topological polar surface area (TPSA) is 153 Å². The highest BCUT2D eigenvalue weighted by Crippen LogP contribution is 2.18. The number of imide groups is 1. The van der Waals surface area contributed by atoms with Crippen LogP contribution in [0.25, 0.3) is 0 Å². The van der Waals surface area contributed by atoms with Crippen molar-refractivity contribution in [3.8, 4) is 0 Å². The molecule has 0 spiro atoms. The molecule has 0 saturated carbocycles. The molecule has 0 aromatic heterocycles. The van der Waals surface area contributed by atoms with Gasteiger partial charge in [-0.1, -0.05) is 0 Å². The fraction of sp³-hybridized carbons (Fsp3) is 0.118. The second-order valence-electron chi connectivity index (χ2n) is 5.26. The van der Waals surface area contributed by atoms with E-state index in [4.69, 9.17) is 15.6 Å². The number of nitro benzene ring substituents is 1. The van der Waals surface area contributed by atoms with Crippen LogP contribution in [0.3, 0.4) is 0 Å². The summed E-state index contributed by atoms with van der Waals surface area (Å²) in [5.74, 6) is -1.90. The predicted octanol–water partition coefficient (Wildman–Crippen LogP) is 1.92. The predicted molar refractivity (Wildman–Crippen MR) is 93.2 cm³/mol. The number of ether oxygens (including phenoxy) is 1. The molecule has 0 aliphatic rings. The molecule has 0 atom stereocenters. The highest BCUT2D eigenvalue weighted by atomic mass is 16.6. The molecule has 2 aromatic carbocycles. The minimum absolute atomic E-state index is 0.0156. The molecule has 0 radical (unpaired) electrons. The van der Waals surface area contributed by atoms with Crippen molar-refractivity contribution in [1.29, 1.82) is 0 Å². The third kappa shape index (κ3) is 4.86. The summed E-state index contributed by atoms with van der Waals surface area (Å²) in [6.45, 7) is -0.689. The lowest BCUT2D eigenvalue weighted by molar-refractivity contribution is -0.384. The van der Waals surface area contributed by atoms with Gasteiger partial charge < -0.3 is 15.6 Å². The smallest absolute Gasteiger partial charge is 0.421 e. The maximum absolute atomic E-state index is 12.3. The van der Waals surface area contributed by atoms with Crippen LogP contribution in [0, 0.1) is 10.1 Å². The highest BCUT2D eigenvalue weighted by molar-refractivity contribution is 6.13. The van der Waals surface area contributed by atoms with Crippen molar-refractivity contribution in [3.63, 3.8) is 0 Å². The van der Waals surface area contributed by atoms with Crippen LogP contribution < -0.4 is 10.6 Å². The largest absolute Gasteiger partial charge is 0.478 e. The molecule has 0 fully saturated rings. The highest BCUT2D eigenvalue weighted by Gasteiger charge is 2.24. The van der Waals surface area contributed by atoms with Crippen LogP contribution in [-0.4, -0.2) is 34.5 Å². The van der Waals surface area contributed by atoms with Crippen molar-refractivity contribution in [1.82, 2.24) is 0 Å². The molecule has 3 N–H and O–H groups in total. The minimum atomic E-state index is -1.15. The summed E-state index contributed by atoms with van der Waals surface area (Å²) in [6, 6.07) is 10.4. The summed E-state index contributed by atoms with van der Waals surface area (Å²) < 4.78 is 5.07. The van der Waals surface area contributed by atoms with Gasteiger partial charge in [0.15, 0.2) is 0 Å². The Balaban J connectivity index is 2.13. The molecular formula is C17H15N3O7. The lowest BCUT2D eigenvalue weighted by Crippen LogP contribution is -2.41. The number of nitrogens with zero attached hydrogens (tertiary/aromatic N) is 2. The molecule has 0 heterocycles. The molecule has 2 rings (SSSR count). The maximum Gasteiger partial charge on any atom is 0.421 e. The molecule has 0 aliphatic carbocycles. The number of amides is 2. The number of non-ortho nitro benzene ring substituents is 1. The summed E-state index contributed by atoms with van der Waals surface area (Å²) in [7, 11) is 0. The number of hydrogen-bond acceptors (Lipinski definition) is 7. The summed E-state index contributed by atoms with van der Waals surface area (Å²) in [6.07, 6.45) is -1.01. The summed E-state index contributed by atoms with van der Waals surface area (Å²) >= 11 is 0. The summed E-state index contributed by atoms with van der Waals surface area (Å²) in [5, 5.41) is 19.5. The number of aromatic carboxylic acids is 1. The third-order valence-electron chi connectivity index (χ3n) is 3.49. The van der Waals surface area contributed by atoms with Crippen molar-refractivity contribution in [2.45, 2.75) is 6.61 Å². The Labute approximate surface area is 152 Å². The van der Waals surface area contributed by atoms with Crippen molar-refractivity contribution in [2.24, 2.45) is 5.73 Å². The number of anilines is 1. The number of carboxylic acid groups (broad SMARTS) is 1. The Hall–Kier alpha value is -3.79. The first-order chi connectivity index (χ1) is 12.8. The van der Waals surface area contributed by atoms with E-state index in [0.717, 1.165) is 0 Å². The van der Waals surface area contributed by atoms with Gasteiger partial charge in [0.2, 0.25) is 5.91 Å². The molecule has 2 amide bonds. The Morgan fingerprint density at radius 2 is 1.67 bits per heavy atom. The van der Waals surface area contributed by atoms with E-state index in [1.165, 1.54) is 48.5 Å². The molecule has 27 heavy (non-hydrogen) atoms. The zero-order valence-corrected chi connectivity index (χ0v) is 13.9. The van der Waals surface area contributed by atoms with Crippen LogP contribution in [0.5, 0.6) is 0 Å². The van der Waals surface area contributed by atoms with Crippen molar-refractivity contribution in [3.05, 3.63) is 69.8 Å². The Morgan fingerprint density at radius 3 is 2.15 bits per heavy atom. The zero-order chi connectivity index (χ0) is 20.0. The number of benzene rings is 2. The number of rotatable bonds is 6. The summed E-state index contributed by atoms with van der Waals surface area (Å²) in [5.41, 5.74) is 5.78. The van der Waals surface area contributed by atoms with E-state index < -0.39 is 29.4 Å². The van der Waals surface area contributed by atoms with Gasteiger partial charge in [0.25, 0.3) is 5.69 Å². The molecule has 0 saturated heterocycles. The van der Waals surface area contributed by atoms with Gasteiger partial charge in [-0.05, 0) is 42.0 Å². The van der Waals surface area contributed by atoms with Crippen LogP contribution in [0.1, 0.15) is 15.9 Å². The first-order valence-electron chi connectivity index (χ1n) is 7.60. The van der Waals surface area contributed by atoms with Gasteiger partial charge in [-0.15, -0.1) is 0 Å². The van der Waals surface area contributed by atoms with Gasteiger partial charge in [0, 0.05) is 12.1 Å². The zero-order valence-electron chi connectivity index (χ0n) is 13.9. The fourth-order valence-electron chi connectivity index (χ4n) is 2.12. The van der Waals surface area contributed by atoms with E-state index in [9.17, 15) is 24.5 Å². The average Bonchev–Trinajstić information content (AvgIpc) is 2.67. The van der Waals surface area contributed by atoms with Crippen LogP contribution in [0.15, 0.2) is 48.5 Å². The quantitative estimate of drug-likeness (QED) is 0.575. The first kappa shape index (κ1) is 19.5. The number of nitrogens with two attached hydrogens (primary N) is 1. The minimum Gasteiger partial charge on any atom is -0.478 e. The monoisotopic (exact) mass is 373 g/mol. The molecule has 0 bridgehead atoms. The number of hydrogen-bond donors (Lipinski definition) is 2. The van der Waals surface area contributed by atoms with E-state index in [1.54, 1.807) is 0 Å². The Kier molecular flexibility index (Phi) is 6.18. The van der Waals surface area contributed by atoms with E-state index in [0.29, 0.717) is 10.5 Å². The second-order valence-corrected chi connectivity index (χ2v) is 5.26. The number of carbonyl (C=O) groups is 3. The first-order valence-corrected chi connectivity index (χ1v) is 7.60. The number of nitro groups is 1. The van der Waals surface area contributed by atoms with Crippen molar-refractivity contribution in [2.75, 3.05) is 11.4 Å². The van der Waals surface area contributed by atoms with Gasteiger partial charge >= 0.3 is 12.1 Å². The molecule has 140 valence electrons. The van der Waals surface area contributed by atoms with E-state index in [2.05, 4.69) is 0 Å². The van der Waals surface area contributed by atoms with Gasteiger partial charge in [-0.25, -0.2) is 14.5 Å². The normalized spacial score (nSPS) is 10.1.